The summed E-state index contributed by atoms with van der Waals surface area (Å²) in [6.07, 6.45) is 8.80. The molecule has 4 bridgehead atoms. The average molecular weight is 884 g/mol. The summed E-state index contributed by atoms with van der Waals surface area (Å²) in [7, 11) is 4.34. The predicted molar refractivity (Wildman–Crippen MR) is 222 cm³/mol. The van der Waals surface area contributed by atoms with E-state index < -0.39 is 17.6 Å². The molecule has 0 saturated heterocycles. The van der Waals surface area contributed by atoms with Gasteiger partial charge in [-0.3, -0.25) is 0 Å². The number of benzene rings is 6. The Balaban J connectivity index is 1.33. The molecule has 0 atom stereocenters. The van der Waals surface area contributed by atoms with E-state index in [0.717, 1.165) is 22.7 Å². The number of nitrogens with zero attached hydrogens (tertiary/aromatic N) is 6. The van der Waals surface area contributed by atoms with Crippen molar-refractivity contribution in [1.29, 1.82) is 0 Å². The van der Waals surface area contributed by atoms with Crippen LogP contribution in [0.2, 0.25) is 0 Å². The molecule has 4 aliphatic rings. The van der Waals surface area contributed by atoms with Gasteiger partial charge in [0.25, 0.3) is 0 Å². The summed E-state index contributed by atoms with van der Waals surface area (Å²) in [6, 6.07) is 53.6. The molecule has 0 radical (unpaired) electrons. The Labute approximate surface area is 325 Å². The Morgan fingerprint density at radius 1 is 0.426 bits per heavy atom. The summed E-state index contributed by atoms with van der Waals surface area (Å²) in [4.78, 5) is 9.34. The second-order valence-corrected chi connectivity index (χ2v) is 17.1. The maximum absolute atomic E-state index is 2.53. The van der Waals surface area contributed by atoms with Crippen molar-refractivity contribution in [3.8, 4) is 22.3 Å². The van der Waals surface area contributed by atoms with E-state index in [4.69, 9.17) is 0 Å². The van der Waals surface area contributed by atoms with Crippen LogP contribution in [0.3, 0.4) is 0 Å². The van der Waals surface area contributed by atoms with Gasteiger partial charge in [0.15, 0.2) is 0 Å². The SMILES string of the molecule is CN1C=CN2[C]1=[Pt]=[C]1N(C)C=CN1c1cccc(c1)N(N1c3c(-c4ccccc4)cccc3C(C)(C)c3cccc(-c4ccccc4)c31)c1cccc2c1. The van der Waals surface area contributed by atoms with Crippen LogP contribution in [0.25, 0.3) is 22.3 Å². The van der Waals surface area contributed by atoms with Crippen LogP contribution in [-0.2, 0) is 23.1 Å². The van der Waals surface area contributed by atoms with Crippen LogP contribution in [-0.4, -0.2) is 32.2 Å². The third-order valence-corrected chi connectivity index (χ3v) is 14.6. The van der Waals surface area contributed by atoms with Crippen LogP contribution in [0.15, 0.2) is 170 Å². The number of anilines is 6. The van der Waals surface area contributed by atoms with E-state index in [1.165, 1.54) is 53.0 Å². The molecule has 7 heteroatoms. The zero-order valence-electron chi connectivity index (χ0n) is 30.7. The van der Waals surface area contributed by atoms with Crippen molar-refractivity contribution >= 4 is 42.4 Å². The average Bonchev–Trinajstić information content (AvgIpc) is 3.77. The van der Waals surface area contributed by atoms with Crippen LogP contribution in [0.1, 0.15) is 25.0 Å². The first-order chi connectivity index (χ1) is 26.4. The number of hydrogen-bond acceptors (Lipinski definition) is 6. The normalized spacial score (nSPS) is 16.7. The van der Waals surface area contributed by atoms with Gasteiger partial charge in [-0.25, -0.2) is 0 Å². The molecule has 268 valence electrons. The van der Waals surface area contributed by atoms with Gasteiger partial charge in [-0.15, -0.1) is 0 Å². The fourth-order valence-corrected chi connectivity index (χ4v) is 11.2. The first-order valence-electron chi connectivity index (χ1n) is 18.3. The van der Waals surface area contributed by atoms with Gasteiger partial charge in [-0.05, 0) is 0 Å². The molecule has 0 N–H and O–H groups in total. The number of para-hydroxylation sites is 2. The van der Waals surface area contributed by atoms with Gasteiger partial charge in [-0.2, -0.15) is 0 Å². The molecular formula is C47H40N6Pt. The summed E-state index contributed by atoms with van der Waals surface area (Å²) < 4.78 is 2.61. The molecule has 54 heavy (non-hydrogen) atoms. The van der Waals surface area contributed by atoms with E-state index in [1.54, 1.807) is 0 Å². The third kappa shape index (κ3) is 5.04. The first-order valence-corrected chi connectivity index (χ1v) is 20.6. The molecule has 0 unspecified atom stereocenters. The van der Waals surface area contributed by atoms with Crippen molar-refractivity contribution in [1.82, 2.24) is 9.80 Å². The molecule has 6 nitrogen and oxygen atoms in total. The molecule has 0 saturated carbocycles. The minimum atomic E-state index is -0.577. The quantitative estimate of drug-likeness (QED) is 0.175. The van der Waals surface area contributed by atoms with Gasteiger partial charge in [0.2, 0.25) is 0 Å². The summed E-state index contributed by atoms with van der Waals surface area (Å²) in [5.41, 5.74) is 13.8. The van der Waals surface area contributed by atoms with E-state index in [1.807, 2.05) is 0 Å². The molecule has 6 aromatic rings. The maximum atomic E-state index is 2.53. The van der Waals surface area contributed by atoms with Gasteiger partial charge >= 0.3 is 315 Å². The molecular weight excluding hydrogens is 844 g/mol. The van der Waals surface area contributed by atoms with E-state index in [9.17, 15) is 0 Å². The Morgan fingerprint density at radius 3 is 1.31 bits per heavy atom. The van der Waals surface area contributed by atoms with Crippen LogP contribution in [0.4, 0.5) is 34.1 Å². The van der Waals surface area contributed by atoms with Gasteiger partial charge < -0.3 is 0 Å². The van der Waals surface area contributed by atoms with Crippen LogP contribution < -0.4 is 19.8 Å². The van der Waals surface area contributed by atoms with Crippen molar-refractivity contribution in [2.24, 2.45) is 0 Å². The zero-order chi connectivity index (χ0) is 36.6. The molecule has 6 aromatic carbocycles. The van der Waals surface area contributed by atoms with Gasteiger partial charge in [0, 0.05) is 0 Å². The van der Waals surface area contributed by atoms with E-state index in [2.05, 4.69) is 228 Å². The first kappa shape index (κ1) is 32.7. The number of hydrazine groups is 1. The van der Waals surface area contributed by atoms with Crippen molar-refractivity contribution < 1.29 is 17.6 Å². The second kappa shape index (κ2) is 12.6. The Bertz CT molecular complexity index is 2410. The molecule has 10 rings (SSSR count). The van der Waals surface area contributed by atoms with Crippen molar-refractivity contribution in [2.75, 3.05) is 33.9 Å². The van der Waals surface area contributed by atoms with Crippen molar-refractivity contribution in [3.05, 3.63) is 182 Å². The Kier molecular flexibility index (Phi) is 7.60. The third-order valence-electron chi connectivity index (χ3n) is 10.8. The van der Waals surface area contributed by atoms with Crippen molar-refractivity contribution in [2.45, 2.75) is 19.3 Å². The predicted octanol–water partition coefficient (Wildman–Crippen LogP) is 10.3. The Hall–Kier alpha value is -5.97. The molecule has 0 spiro atoms. The van der Waals surface area contributed by atoms with E-state index in [-0.39, 0.29) is 5.41 Å². The van der Waals surface area contributed by atoms with Gasteiger partial charge in [0.1, 0.15) is 0 Å². The second-order valence-electron chi connectivity index (χ2n) is 14.5. The number of hydrogen-bond donors (Lipinski definition) is 0. The van der Waals surface area contributed by atoms with E-state index in [0.29, 0.717) is 0 Å². The molecule has 0 aromatic heterocycles. The van der Waals surface area contributed by atoms with Crippen LogP contribution >= 0.6 is 0 Å². The molecule has 0 amide bonds. The fraction of sp³-hybridized carbons (Fsp3) is 0.106. The van der Waals surface area contributed by atoms with E-state index >= 15 is 0 Å². The topological polar surface area (TPSA) is 19.4 Å². The number of rotatable bonds is 3. The van der Waals surface area contributed by atoms with Crippen molar-refractivity contribution in [3.63, 3.8) is 0 Å². The summed E-state index contributed by atoms with van der Waals surface area (Å²) in [6.45, 7) is 4.76. The van der Waals surface area contributed by atoms with Gasteiger partial charge in [0.05, 0.1) is 0 Å². The molecule has 0 aliphatic carbocycles. The Morgan fingerprint density at radius 2 is 0.852 bits per heavy atom. The summed E-state index contributed by atoms with van der Waals surface area (Å²) in [5, 5.41) is 4.99. The zero-order valence-corrected chi connectivity index (χ0v) is 32.9. The summed E-state index contributed by atoms with van der Waals surface area (Å²) >= 11 is -0.577. The van der Waals surface area contributed by atoms with Gasteiger partial charge in [-0.1, -0.05) is 12.1 Å². The summed E-state index contributed by atoms with van der Waals surface area (Å²) in [5.74, 6) is 0. The monoisotopic (exact) mass is 883 g/mol. The molecule has 4 aliphatic heterocycles. The number of fused-ring (bicyclic) bond motifs is 10. The van der Waals surface area contributed by atoms with Crippen LogP contribution in [0.5, 0.6) is 0 Å². The standard InChI is InChI=1S/C47H40N6.Pt/c1-47(2)43-25-13-23-41(35-15-7-5-8-16-35)45(43)53(46-42(24-14-26-44(46)47)36-17-9-6-10-18-36)52(39-21-11-19-37(31-39)50-29-27-48(3)33-50)40-22-12-20-38(32-40)51-30-28-49(4)34-51;/h5-32H,1-4H3;. The fourth-order valence-electron chi connectivity index (χ4n) is 8.16. The molecule has 0 fully saturated rings. The molecule has 4 heterocycles. The minimum absolute atomic E-state index is 0.291. The van der Waals surface area contributed by atoms with Crippen LogP contribution in [0, 0.1) is 0 Å².